The van der Waals surface area contributed by atoms with Crippen molar-refractivity contribution in [1.82, 2.24) is 5.32 Å². The van der Waals surface area contributed by atoms with Crippen LogP contribution in [0.25, 0.3) is 0 Å². The third-order valence-corrected chi connectivity index (χ3v) is 3.34. The molecule has 24 heavy (non-hydrogen) atoms. The SMILES string of the molecule is C=C(C(C)=O)C(NC(=O)c1ccc(C)cc1)(C(F)(F)F)C(F)(F)F. The van der Waals surface area contributed by atoms with Crippen LogP contribution in [0.1, 0.15) is 22.8 Å². The number of ketones is 1. The van der Waals surface area contributed by atoms with Crippen LogP contribution < -0.4 is 5.32 Å². The lowest BCUT2D eigenvalue weighted by atomic mass is 9.86. The fourth-order valence-electron chi connectivity index (χ4n) is 1.93. The van der Waals surface area contributed by atoms with E-state index in [1.807, 2.05) is 0 Å². The smallest absolute Gasteiger partial charge is 0.327 e. The number of benzene rings is 1. The molecule has 1 aromatic carbocycles. The summed E-state index contributed by atoms with van der Waals surface area (Å²) in [7, 11) is 0. The first-order valence-corrected chi connectivity index (χ1v) is 6.47. The zero-order chi connectivity index (χ0) is 18.9. The number of carbonyl (C=O) groups is 2. The quantitative estimate of drug-likeness (QED) is 0.662. The molecule has 0 heterocycles. The molecule has 9 heteroatoms. The maximum Gasteiger partial charge on any atom is 0.424 e. The number of amides is 1. The fourth-order valence-corrected chi connectivity index (χ4v) is 1.93. The molecule has 0 aromatic heterocycles. The van der Waals surface area contributed by atoms with Gasteiger partial charge in [-0.2, -0.15) is 26.3 Å². The Morgan fingerprint density at radius 1 is 0.958 bits per heavy atom. The van der Waals surface area contributed by atoms with Gasteiger partial charge >= 0.3 is 12.4 Å². The average molecular weight is 353 g/mol. The van der Waals surface area contributed by atoms with Crippen LogP contribution in [0.4, 0.5) is 26.3 Å². The number of hydrogen-bond donors (Lipinski definition) is 1. The highest BCUT2D eigenvalue weighted by Gasteiger charge is 2.74. The highest BCUT2D eigenvalue weighted by molar-refractivity contribution is 5.99. The number of hydrogen-bond acceptors (Lipinski definition) is 2. The van der Waals surface area contributed by atoms with E-state index in [0.717, 1.165) is 17.4 Å². The van der Waals surface area contributed by atoms with Crippen molar-refractivity contribution in [3.63, 3.8) is 0 Å². The van der Waals surface area contributed by atoms with Crippen LogP contribution >= 0.6 is 0 Å². The van der Waals surface area contributed by atoms with Gasteiger partial charge in [0.2, 0.25) is 0 Å². The van der Waals surface area contributed by atoms with E-state index >= 15 is 0 Å². The summed E-state index contributed by atoms with van der Waals surface area (Å²) in [5, 5.41) is 0.918. The summed E-state index contributed by atoms with van der Waals surface area (Å²) < 4.78 is 79.6. The lowest BCUT2D eigenvalue weighted by molar-refractivity contribution is -0.290. The molecule has 0 unspecified atom stereocenters. The number of halogens is 6. The molecular formula is C15H13F6NO2. The Bertz CT molecular complexity index is 644. The van der Waals surface area contributed by atoms with Gasteiger partial charge in [-0.1, -0.05) is 24.3 Å². The predicted molar refractivity (Wildman–Crippen MR) is 73.3 cm³/mol. The van der Waals surface area contributed by atoms with Crippen molar-refractivity contribution < 1.29 is 35.9 Å². The molecule has 0 saturated heterocycles. The Balaban J connectivity index is 3.48. The fraction of sp³-hybridized carbons (Fsp3) is 0.333. The van der Waals surface area contributed by atoms with Crippen molar-refractivity contribution in [1.29, 1.82) is 0 Å². The number of rotatable bonds is 4. The van der Waals surface area contributed by atoms with Crippen molar-refractivity contribution >= 4 is 11.7 Å². The zero-order valence-electron chi connectivity index (χ0n) is 12.6. The maximum atomic E-state index is 13.3. The third kappa shape index (κ3) is 3.44. The Morgan fingerprint density at radius 2 is 1.38 bits per heavy atom. The first kappa shape index (κ1) is 19.7. The van der Waals surface area contributed by atoms with Gasteiger partial charge in [0.15, 0.2) is 5.78 Å². The molecule has 0 aliphatic carbocycles. The number of Topliss-reactive ketones (excluding diaryl/α,β-unsaturated/α-hetero) is 1. The standard InChI is InChI=1S/C15H13F6NO2/c1-8-4-6-11(7-5-8)12(24)22-13(14(16,17)18,15(19,20)21)9(2)10(3)23/h4-7H,2H2,1,3H3,(H,22,24). The normalized spacial score (nSPS) is 12.7. The molecule has 1 rings (SSSR count). The Morgan fingerprint density at radius 3 is 1.71 bits per heavy atom. The molecule has 3 nitrogen and oxygen atoms in total. The van der Waals surface area contributed by atoms with E-state index in [2.05, 4.69) is 6.58 Å². The monoisotopic (exact) mass is 353 g/mol. The molecular weight excluding hydrogens is 340 g/mol. The van der Waals surface area contributed by atoms with E-state index in [4.69, 9.17) is 0 Å². The number of aryl methyl sites for hydroxylation is 1. The second-order valence-corrected chi connectivity index (χ2v) is 5.10. The molecule has 0 spiro atoms. The van der Waals surface area contributed by atoms with Gasteiger partial charge in [-0.05, 0) is 26.0 Å². The van der Waals surface area contributed by atoms with Gasteiger partial charge < -0.3 is 5.32 Å². The molecule has 0 bridgehead atoms. The van der Waals surface area contributed by atoms with Crippen LogP contribution in [-0.4, -0.2) is 29.6 Å². The molecule has 0 aliphatic rings. The van der Waals surface area contributed by atoms with Crippen LogP contribution in [0, 0.1) is 6.92 Å². The lowest BCUT2D eigenvalue weighted by Gasteiger charge is -2.38. The zero-order valence-corrected chi connectivity index (χ0v) is 12.6. The molecule has 0 radical (unpaired) electrons. The number of nitrogens with one attached hydrogen (secondary N) is 1. The molecule has 1 N–H and O–H groups in total. The van der Waals surface area contributed by atoms with E-state index in [9.17, 15) is 35.9 Å². The largest absolute Gasteiger partial charge is 0.424 e. The van der Waals surface area contributed by atoms with Gasteiger partial charge in [0.1, 0.15) is 0 Å². The average Bonchev–Trinajstić information content (AvgIpc) is 2.41. The minimum absolute atomic E-state index is 0.421. The summed E-state index contributed by atoms with van der Waals surface area (Å²) in [6.07, 6.45) is -12.0. The van der Waals surface area contributed by atoms with Gasteiger partial charge in [0.05, 0.1) is 0 Å². The van der Waals surface area contributed by atoms with Crippen LogP contribution in [0.5, 0.6) is 0 Å². The van der Waals surface area contributed by atoms with E-state index in [0.29, 0.717) is 12.5 Å². The second-order valence-electron chi connectivity index (χ2n) is 5.10. The molecule has 0 fully saturated rings. The lowest BCUT2D eigenvalue weighted by Crippen LogP contribution is -2.69. The van der Waals surface area contributed by atoms with E-state index < -0.39 is 40.7 Å². The summed E-state index contributed by atoms with van der Waals surface area (Å²) >= 11 is 0. The minimum Gasteiger partial charge on any atom is -0.327 e. The van der Waals surface area contributed by atoms with Gasteiger partial charge in [-0.25, -0.2) is 0 Å². The number of alkyl halides is 6. The van der Waals surface area contributed by atoms with Crippen molar-refractivity contribution in [3.05, 3.63) is 47.5 Å². The first-order chi connectivity index (χ1) is 10.7. The van der Waals surface area contributed by atoms with Gasteiger partial charge in [0.25, 0.3) is 11.4 Å². The summed E-state index contributed by atoms with van der Waals surface area (Å²) in [4.78, 5) is 23.1. The summed E-state index contributed by atoms with van der Waals surface area (Å²) in [5.41, 5.74) is -6.45. The second kappa shape index (κ2) is 6.29. The van der Waals surface area contributed by atoms with Gasteiger partial charge in [0, 0.05) is 11.1 Å². The molecule has 132 valence electrons. The maximum absolute atomic E-state index is 13.3. The summed E-state index contributed by atoms with van der Waals surface area (Å²) in [6, 6.07) is 4.83. The van der Waals surface area contributed by atoms with Crippen molar-refractivity contribution in [3.8, 4) is 0 Å². The van der Waals surface area contributed by atoms with Crippen molar-refractivity contribution in [2.75, 3.05) is 0 Å². The molecule has 0 aliphatic heterocycles. The highest BCUT2D eigenvalue weighted by atomic mass is 19.4. The first-order valence-electron chi connectivity index (χ1n) is 6.47. The van der Waals surface area contributed by atoms with Crippen LogP contribution in [0.2, 0.25) is 0 Å². The number of carbonyl (C=O) groups excluding carboxylic acids is 2. The van der Waals surface area contributed by atoms with Crippen molar-refractivity contribution in [2.45, 2.75) is 31.7 Å². The summed E-state index contributed by atoms with van der Waals surface area (Å²) in [6.45, 7) is 4.74. The van der Waals surface area contributed by atoms with Crippen molar-refractivity contribution in [2.24, 2.45) is 0 Å². The minimum atomic E-state index is -6.02. The summed E-state index contributed by atoms with van der Waals surface area (Å²) in [5.74, 6) is -3.18. The Hall–Kier alpha value is -2.32. The molecule has 1 aromatic rings. The highest BCUT2D eigenvalue weighted by Crippen LogP contribution is 2.47. The van der Waals surface area contributed by atoms with Crippen LogP contribution in [0.15, 0.2) is 36.4 Å². The third-order valence-electron chi connectivity index (χ3n) is 3.34. The van der Waals surface area contributed by atoms with Crippen LogP contribution in [0.3, 0.4) is 0 Å². The van der Waals surface area contributed by atoms with Gasteiger partial charge in [-0.15, -0.1) is 0 Å². The Kier molecular flexibility index (Phi) is 5.17. The Labute approximate surface area is 133 Å². The topological polar surface area (TPSA) is 46.2 Å². The van der Waals surface area contributed by atoms with Gasteiger partial charge in [-0.3, -0.25) is 9.59 Å². The molecule has 0 atom stereocenters. The molecule has 1 amide bonds. The predicted octanol–water partition coefficient (Wildman–Crippen LogP) is 3.73. The molecule has 0 saturated carbocycles. The van der Waals surface area contributed by atoms with E-state index in [1.165, 1.54) is 12.1 Å². The van der Waals surface area contributed by atoms with E-state index in [-0.39, 0.29) is 0 Å². The van der Waals surface area contributed by atoms with E-state index in [1.54, 1.807) is 6.92 Å². The van der Waals surface area contributed by atoms with Crippen LogP contribution in [-0.2, 0) is 4.79 Å².